The Morgan fingerprint density at radius 1 is 1.09 bits per heavy atom. The van der Waals surface area contributed by atoms with Gasteiger partial charge in [-0.25, -0.2) is 14.6 Å². The molecule has 0 radical (unpaired) electrons. The van der Waals surface area contributed by atoms with Gasteiger partial charge >= 0.3 is 12.1 Å². The largest absolute Gasteiger partial charge is 0.479 e. The first kappa shape index (κ1) is 23.0. The van der Waals surface area contributed by atoms with Gasteiger partial charge in [0.05, 0.1) is 6.20 Å². The minimum absolute atomic E-state index is 0.0556. The third-order valence-corrected chi connectivity index (χ3v) is 7.18. The maximum Gasteiger partial charge on any atom is 0.413 e. The van der Waals surface area contributed by atoms with E-state index >= 15 is 0 Å². The summed E-state index contributed by atoms with van der Waals surface area (Å²) in [6.07, 6.45) is 0.357. The predicted molar refractivity (Wildman–Crippen MR) is 129 cm³/mol. The van der Waals surface area contributed by atoms with Gasteiger partial charge in [0.15, 0.2) is 11.2 Å². The van der Waals surface area contributed by atoms with Crippen molar-refractivity contribution in [3.05, 3.63) is 70.7 Å². The number of anilines is 1. The normalized spacial score (nSPS) is 18.5. The van der Waals surface area contributed by atoms with Gasteiger partial charge in [0.1, 0.15) is 11.5 Å². The quantitative estimate of drug-likeness (QED) is 0.458. The van der Waals surface area contributed by atoms with Crippen molar-refractivity contribution in [1.29, 1.82) is 0 Å². The van der Waals surface area contributed by atoms with Crippen LogP contribution in [0.15, 0.2) is 54.7 Å². The first-order chi connectivity index (χ1) is 17.0. The van der Waals surface area contributed by atoms with Gasteiger partial charge in [-0.3, -0.25) is 10.1 Å². The van der Waals surface area contributed by atoms with E-state index in [1.165, 1.54) is 6.20 Å². The molecular weight excluding hydrogens is 470 g/mol. The molecule has 1 fully saturated rings. The van der Waals surface area contributed by atoms with Crippen molar-refractivity contribution in [2.45, 2.75) is 18.4 Å². The van der Waals surface area contributed by atoms with Crippen LogP contribution in [0.4, 0.5) is 9.93 Å². The molecule has 0 spiro atoms. The number of rotatable bonds is 7. The van der Waals surface area contributed by atoms with Crippen LogP contribution in [0.5, 0.6) is 0 Å². The summed E-state index contributed by atoms with van der Waals surface area (Å²) in [6, 6.07) is 16.2. The summed E-state index contributed by atoms with van der Waals surface area (Å²) < 4.78 is 10.7. The summed E-state index contributed by atoms with van der Waals surface area (Å²) in [5.41, 5.74) is 4.53. The highest BCUT2D eigenvalue weighted by Gasteiger charge is 2.34. The number of hydrogen-bond acceptors (Lipinski definition) is 7. The molecule has 10 heteroatoms. The third-order valence-electron chi connectivity index (χ3n) is 6.26. The Kier molecular flexibility index (Phi) is 6.47. The number of aromatic nitrogens is 1. The van der Waals surface area contributed by atoms with Gasteiger partial charge in [-0.2, -0.15) is 0 Å². The van der Waals surface area contributed by atoms with Gasteiger partial charge in [0, 0.05) is 25.0 Å². The van der Waals surface area contributed by atoms with Crippen LogP contribution >= 0.6 is 11.3 Å². The first-order valence-corrected chi connectivity index (χ1v) is 12.0. The lowest BCUT2D eigenvalue weighted by atomic mass is 9.98. The highest BCUT2D eigenvalue weighted by Crippen LogP contribution is 2.44. The molecule has 5 rings (SSSR count). The number of ether oxygens (including phenoxy) is 2. The second-order valence-electron chi connectivity index (χ2n) is 8.37. The molecule has 1 aliphatic heterocycles. The predicted octanol–water partition coefficient (Wildman–Crippen LogP) is 3.72. The maximum absolute atomic E-state index is 12.4. The van der Waals surface area contributed by atoms with E-state index < -0.39 is 18.2 Å². The van der Waals surface area contributed by atoms with Crippen LogP contribution in [-0.2, 0) is 14.3 Å². The monoisotopic (exact) mass is 493 g/mol. The molecule has 0 bridgehead atoms. The lowest BCUT2D eigenvalue weighted by Crippen LogP contribution is -2.36. The third kappa shape index (κ3) is 4.75. The van der Waals surface area contributed by atoms with E-state index in [0.29, 0.717) is 17.9 Å². The molecule has 2 aliphatic rings. The average molecular weight is 494 g/mol. The smallest absolute Gasteiger partial charge is 0.413 e. The Bertz CT molecular complexity index is 1230. The number of amides is 2. The zero-order valence-electron chi connectivity index (χ0n) is 18.6. The summed E-state index contributed by atoms with van der Waals surface area (Å²) in [6.45, 7) is 0.710. The van der Waals surface area contributed by atoms with Gasteiger partial charge in [-0.15, -0.1) is 0 Å². The molecule has 180 valence electrons. The lowest BCUT2D eigenvalue weighted by molar-refractivity contribution is -0.149. The summed E-state index contributed by atoms with van der Waals surface area (Å²) >= 11 is 1.01. The summed E-state index contributed by atoms with van der Waals surface area (Å²) in [5.74, 6) is -1.77. The van der Waals surface area contributed by atoms with Crippen molar-refractivity contribution < 1.29 is 29.0 Å². The molecule has 1 saturated heterocycles. The minimum Gasteiger partial charge on any atom is -0.479 e. The number of carbonyl (C=O) groups is 3. The van der Waals surface area contributed by atoms with Crippen molar-refractivity contribution in [2.24, 2.45) is 5.92 Å². The van der Waals surface area contributed by atoms with Gasteiger partial charge in [0.25, 0.3) is 5.91 Å². The standard InChI is InChI=1S/C25H23N3O6S/c29-22(26-11-14-9-10-33-21(14)23(30)31)20-12-27-24(35-20)28-25(32)34-13-19-17-7-3-1-5-15(17)16-6-2-4-8-18(16)19/h1-8,12,14,19,21H,9-11,13H2,(H,26,29)(H,30,31)(H,27,28,32). The van der Waals surface area contributed by atoms with Gasteiger partial charge in [-0.1, -0.05) is 59.9 Å². The fraction of sp³-hybridized carbons (Fsp3) is 0.280. The van der Waals surface area contributed by atoms with Crippen LogP contribution in [0.2, 0.25) is 0 Å². The van der Waals surface area contributed by atoms with E-state index in [4.69, 9.17) is 14.6 Å². The first-order valence-electron chi connectivity index (χ1n) is 11.2. The molecule has 2 heterocycles. The van der Waals surface area contributed by atoms with Crippen LogP contribution in [0, 0.1) is 5.92 Å². The summed E-state index contributed by atoms with van der Waals surface area (Å²) in [5, 5.41) is 14.7. The Hall–Kier alpha value is -3.76. The highest BCUT2D eigenvalue weighted by atomic mass is 32.1. The average Bonchev–Trinajstić information content (AvgIpc) is 3.59. The molecule has 2 atom stereocenters. The van der Waals surface area contributed by atoms with Crippen molar-refractivity contribution in [1.82, 2.24) is 10.3 Å². The fourth-order valence-corrected chi connectivity index (χ4v) is 5.30. The maximum atomic E-state index is 12.4. The second-order valence-corrected chi connectivity index (χ2v) is 9.40. The van der Waals surface area contributed by atoms with Crippen LogP contribution in [-0.4, -0.2) is 53.9 Å². The minimum atomic E-state index is -1.03. The van der Waals surface area contributed by atoms with Crippen LogP contribution in [0.3, 0.4) is 0 Å². The van der Waals surface area contributed by atoms with Crippen molar-refractivity contribution >= 4 is 34.4 Å². The molecule has 35 heavy (non-hydrogen) atoms. The van der Waals surface area contributed by atoms with E-state index in [1.54, 1.807) is 0 Å². The molecule has 9 nitrogen and oxygen atoms in total. The van der Waals surface area contributed by atoms with Gasteiger partial charge in [0.2, 0.25) is 0 Å². The highest BCUT2D eigenvalue weighted by molar-refractivity contribution is 7.17. The molecule has 0 saturated carbocycles. The number of carboxylic acid groups (broad SMARTS) is 1. The van der Waals surface area contributed by atoms with Crippen LogP contribution < -0.4 is 10.6 Å². The van der Waals surface area contributed by atoms with Crippen molar-refractivity contribution in [3.63, 3.8) is 0 Å². The van der Waals surface area contributed by atoms with E-state index in [9.17, 15) is 14.4 Å². The molecule has 2 amide bonds. The van der Waals surface area contributed by atoms with Crippen molar-refractivity contribution in [2.75, 3.05) is 25.1 Å². The van der Waals surface area contributed by atoms with E-state index in [1.807, 2.05) is 36.4 Å². The molecular formula is C25H23N3O6S. The SMILES string of the molecule is O=C(Nc1ncc(C(=O)NCC2CCOC2C(=O)O)s1)OCC1c2ccccc2-c2ccccc21. The number of nitrogens with zero attached hydrogens (tertiary/aromatic N) is 1. The number of benzene rings is 2. The van der Waals surface area contributed by atoms with Crippen molar-refractivity contribution in [3.8, 4) is 11.1 Å². The summed E-state index contributed by atoms with van der Waals surface area (Å²) in [7, 11) is 0. The molecule has 1 aromatic heterocycles. The molecule has 2 unspecified atom stereocenters. The number of hydrogen-bond donors (Lipinski definition) is 3. The Balaban J connectivity index is 1.15. The summed E-state index contributed by atoms with van der Waals surface area (Å²) in [4.78, 5) is 40.4. The molecule has 1 aliphatic carbocycles. The van der Waals surface area contributed by atoms with E-state index in [2.05, 4.69) is 27.8 Å². The number of thiazole rings is 1. The Morgan fingerprint density at radius 2 is 1.77 bits per heavy atom. The number of aliphatic carboxylic acids is 1. The fourth-order valence-electron chi connectivity index (χ4n) is 4.59. The van der Waals surface area contributed by atoms with Gasteiger partial charge in [-0.05, 0) is 28.7 Å². The van der Waals surface area contributed by atoms with E-state index in [-0.39, 0.29) is 36.0 Å². The van der Waals surface area contributed by atoms with E-state index in [0.717, 1.165) is 33.6 Å². The number of carboxylic acids is 1. The van der Waals surface area contributed by atoms with Crippen LogP contribution in [0.1, 0.15) is 33.1 Å². The Morgan fingerprint density at radius 3 is 2.46 bits per heavy atom. The molecule has 3 aromatic rings. The lowest BCUT2D eigenvalue weighted by Gasteiger charge is -2.14. The number of nitrogens with one attached hydrogen (secondary N) is 2. The molecule has 2 aromatic carbocycles. The van der Waals surface area contributed by atoms with Crippen LogP contribution in [0.25, 0.3) is 11.1 Å². The Labute approximate surface area is 205 Å². The number of fused-ring (bicyclic) bond motifs is 3. The zero-order chi connectivity index (χ0) is 24.4. The topological polar surface area (TPSA) is 127 Å². The molecule has 3 N–H and O–H groups in total. The zero-order valence-corrected chi connectivity index (χ0v) is 19.4. The van der Waals surface area contributed by atoms with Gasteiger partial charge < -0.3 is 19.9 Å². The number of carbonyl (C=O) groups excluding carboxylic acids is 2. The second kappa shape index (κ2) is 9.85.